The number of carboxylic acids is 1. The molecule has 8 heteroatoms. The summed E-state index contributed by atoms with van der Waals surface area (Å²) in [5.74, 6) is -2.46. The van der Waals surface area contributed by atoms with Gasteiger partial charge in [0.05, 0.1) is 11.5 Å². The highest BCUT2D eigenvalue weighted by Crippen LogP contribution is 2.15. The Morgan fingerprint density at radius 1 is 0.958 bits per heavy atom. The molecule has 7 nitrogen and oxygen atoms in total. The van der Waals surface area contributed by atoms with E-state index in [0.717, 1.165) is 0 Å². The molecule has 0 bridgehead atoms. The van der Waals surface area contributed by atoms with Crippen molar-refractivity contribution in [1.29, 1.82) is 0 Å². The predicted octanol–water partition coefficient (Wildman–Crippen LogP) is 0.543. The van der Waals surface area contributed by atoms with Gasteiger partial charge in [0.1, 0.15) is 5.75 Å². The van der Waals surface area contributed by atoms with Gasteiger partial charge in [0.25, 0.3) is 11.8 Å². The molecule has 0 atom stereocenters. The van der Waals surface area contributed by atoms with Crippen LogP contribution in [0.3, 0.4) is 0 Å². The summed E-state index contributed by atoms with van der Waals surface area (Å²) in [6, 6.07) is 11.9. The SMILES string of the molecule is O=C(COc1ccc(Cl)cc1)NNC(=O)c1ccccc1C(=O)[O-]. The number of rotatable bonds is 5. The normalized spacial score (nSPS) is 9.88. The number of aromatic carboxylic acids is 1. The van der Waals surface area contributed by atoms with E-state index in [1.165, 1.54) is 24.3 Å². The van der Waals surface area contributed by atoms with Gasteiger partial charge in [0, 0.05) is 10.6 Å². The molecule has 0 spiro atoms. The monoisotopic (exact) mass is 347 g/mol. The zero-order chi connectivity index (χ0) is 17.5. The Kier molecular flexibility index (Phi) is 5.75. The first-order chi connectivity index (χ1) is 11.5. The highest BCUT2D eigenvalue weighted by Gasteiger charge is 2.12. The molecule has 0 aliphatic carbocycles. The number of hydrazine groups is 1. The Balaban J connectivity index is 1.86. The fourth-order valence-corrected chi connectivity index (χ4v) is 1.89. The third-order valence-electron chi connectivity index (χ3n) is 2.89. The lowest BCUT2D eigenvalue weighted by molar-refractivity contribution is -0.255. The maximum Gasteiger partial charge on any atom is 0.276 e. The number of nitrogens with one attached hydrogen (secondary N) is 2. The van der Waals surface area contributed by atoms with Gasteiger partial charge in [-0.3, -0.25) is 20.4 Å². The maximum atomic E-state index is 11.9. The molecule has 124 valence electrons. The topological polar surface area (TPSA) is 108 Å². The molecule has 2 aromatic rings. The molecule has 0 radical (unpaired) electrons. The van der Waals surface area contributed by atoms with Crippen LogP contribution in [-0.2, 0) is 4.79 Å². The Hall–Kier alpha value is -3.06. The quantitative estimate of drug-likeness (QED) is 0.768. The van der Waals surface area contributed by atoms with Crippen molar-refractivity contribution in [3.63, 3.8) is 0 Å². The van der Waals surface area contributed by atoms with Crippen LogP contribution >= 0.6 is 11.6 Å². The van der Waals surface area contributed by atoms with Gasteiger partial charge in [0.2, 0.25) is 0 Å². The highest BCUT2D eigenvalue weighted by molar-refractivity contribution is 6.30. The zero-order valence-electron chi connectivity index (χ0n) is 12.2. The summed E-state index contributed by atoms with van der Waals surface area (Å²) < 4.78 is 5.20. The van der Waals surface area contributed by atoms with E-state index >= 15 is 0 Å². The second kappa shape index (κ2) is 7.98. The first-order valence-corrected chi connectivity index (χ1v) is 7.13. The lowest BCUT2D eigenvalue weighted by Gasteiger charge is -2.12. The molecule has 2 amide bonds. The molecule has 24 heavy (non-hydrogen) atoms. The molecule has 0 unspecified atom stereocenters. The summed E-state index contributed by atoms with van der Waals surface area (Å²) in [5, 5.41) is 11.5. The molecule has 2 rings (SSSR count). The molecule has 0 heterocycles. The average molecular weight is 348 g/mol. The molecular weight excluding hydrogens is 336 g/mol. The van der Waals surface area contributed by atoms with E-state index in [2.05, 4.69) is 10.9 Å². The summed E-state index contributed by atoms with van der Waals surface area (Å²) >= 11 is 5.72. The molecule has 0 saturated heterocycles. The summed E-state index contributed by atoms with van der Waals surface area (Å²) in [7, 11) is 0. The van der Waals surface area contributed by atoms with Crippen molar-refractivity contribution in [3.05, 3.63) is 64.7 Å². The van der Waals surface area contributed by atoms with Crippen molar-refractivity contribution in [1.82, 2.24) is 10.9 Å². The number of amides is 2. The van der Waals surface area contributed by atoms with Crippen molar-refractivity contribution in [2.75, 3.05) is 6.61 Å². The lowest BCUT2D eigenvalue weighted by Crippen LogP contribution is -2.44. The first-order valence-electron chi connectivity index (χ1n) is 6.75. The van der Waals surface area contributed by atoms with Crippen LogP contribution in [0.25, 0.3) is 0 Å². The Morgan fingerprint density at radius 2 is 1.58 bits per heavy atom. The van der Waals surface area contributed by atoms with Gasteiger partial charge in [-0.1, -0.05) is 29.8 Å². The van der Waals surface area contributed by atoms with Crippen LogP contribution in [-0.4, -0.2) is 24.4 Å². The number of carboxylic acid groups (broad SMARTS) is 1. The molecule has 2 N–H and O–H groups in total. The van der Waals surface area contributed by atoms with Gasteiger partial charge in [-0.05, 0) is 30.3 Å². The van der Waals surface area contributed by atoms with Gasteiger partial charge in [-0.15, -0.1) is 0 Å². The number of hydrogen-bond acceptors (Lipinski definition) is 5. The molecule has 0 saturated carbocycles. The zero-order valence-corrected chi connectivity index (χ0v) is 13.0. The van der Waals surface area contributed by atoms with Gasteiger partial charge >= 0.3 is 0 Å². The van der Waals surface area contributed by atoms with Crippen LogP contribution in [0.5, 0.6) is 5.75 Å². The van der Waals surface area contributed by atoms with Gasteiger partial charge < -0.3 is 14.6 Å². The van der Waals surface area contributed by atoms with Crippen LogP contribution in [0.2, 0.25) is 5.02 Å². The van der Waals surface area contributed by atoms with Gasteiger partial charge in [-0.2, -0.15) is 0 Å². The first kappa shape index (κ1) is 17.3. The van der Waals surface area contributed by atoms with Crippen molar-refractivity contribution >= 4 is 29.4 Å². The van der Waals surface area contributed by atoms with Crippen molar-refractivity contribution in [3.8, 4) is 5.75 Å². The van der Waals surface area contributed by atoms with Crippen LogP contribution < -0.4 is 20.7 Å². The molecule has 0 fully saturated rings. The van der Waals surface area contributed by atoms with Crippen LogP contribution in [0.4, 0.5) is 0 Å². The van der Waals surface area contributed by atoms with Crippen molar-refractivity contribution < 1.29 is 24.2 Å². The molecular formula is C16H12ClN2O5-. The minimum absolute atomic E-state index is 0.128. The Bertz CT molecular complexity index is 761. The molecule has 2 aromatic carbocycles. The number of hydrogen-bond donors (Lipinski definition) is 2. The van der Waals surface area contributed by atoms with Crippen LogP contribution in [0, 0.1) is 0 Å². The third kappa shape index (κ3) is 4.72. The van der Waals surface area contributed by atoms with E-state index in [1.807, 2.05) is 0 Å². The molecule has 0 aliphatic rings. The van der Waals surface area contributed by atoms with E-state index in [0.29, 0.717) is 10.8 Å². The number of benzene rings is 2. The molecule has 0 aliphatic heterocycles. The number of halogens is 1. The number of carbonyl (C=O) groups excluding carboxylic acids is 3. The number of carbonyl (C=O) groups is 3. The molecule has 0 aromatic heterocycles. The second-order valence-corrected chi connectivity index (χ2v) is 5.01. The smallest absolute Gasteiger partial charge is 0.276 e. The highest BCUT2D eigenvalue weighted by atomic mass is 35.5. The lowest BCUT2D eigenvalue weighted by atomic mass is 10.1. The van der Waals surface area contributed by atoms with Crippen LogP contribution in [0.15, 0.2) is 48.5 Å². The maximum absolute atomic E-state index is 11.9. The average Bonchev–Trinajstić information content (AvgIpc) is 2.59. The summed E-state index contributed by atoms with van der Waals surface area (Å²) in [6.45, 7) is -0.343. The summed E-state index contributed by atoms with van der Waals surface area (Å²) in [4.78, 5) is 34.5. The van der Waals surface area contributed by atoms with E-state index in [9.17, 15) is 19.5 Å². The largest absolute Gasteiger partial charge is 0.545 e. The van der Waals surface area contributed by atoms with Crippen molar-refractivity contribution in [2.24, 2.45) is 0 Å². The van der Waals surface area contributed by atoms with Gasteiger partial charge in [0.15, 0.2) is 6.61 Å². The fourth-order valence-electron chi connectivity index (χ4n) is 1.77. The Morgan fingerprint density at radius 3 is 2.21 bits per heavy atom. The van der Waals surface area contributed by atoms with E-state index in [1.54, 1.807) is 24.3 Å². The van der Waals surface area contributed by atoms with E-state index in [-0.39, 0.29) is 17.7 Å². The predicted molar refractivity (Wildman–Crippen MR) is 83.3 cm³/mol. The van der Waals surface area contributed by atoms with Gasteiger partial charge in [-0.25, -0.2) is 0 Å². The second-order valence-electron chi connectivity index (χ2n) is 4.58. The minimum atomic E-state index is -1.49. The summed E-state index contributed by atoms with van der Waals surface area (Å²) in [5.41, 5.74) is 3.83. The van der Waals surface area contributed by atoms with E-state index in [4.69, 9.17) is 16.3 Å². The minimum Gasteiger partial charge on any atom is -0.545 e. The van der Waals surface area contributed by atoms with Crippen molar-refractivity contribution in [2.45, 2.75) is 0 Å². The standard InChI is InChI=1S/C16H13ClN2O5/c17-10-5-7-11(8-6-10)24-9-14(20)18-19-15(21)12-3-1-2-4-13(12)16(22)23/h1-8H,9H2,(H,18,20)(H,19,21)(H,22,23)/p-1. The fraction of sp³-hybridized carbons (Fsp3) is 0.0625. The Labute approximate surface area is 142 Å². The third-order valence-corrected chi connectivity index (χ3v) is 3.14. The van der Waals surface area contributed by atoms with E-state index < -0.39 is 17.8 Å². The van der Waals surface area contributed by atoms with Crippen LogP contribution in [0.1, 0.15) is 20.7 Å². The number of ether oxygens (including phenoxy) is 1. The summed E-state index contributed by atoms with van der Waals surface area (Å²) in [6.07, 6.45) is 0.